The minimum Gasteiger partial charge on any atom is -0.280 e. The van der Waals surface area contributed by atoms with Crippen molar-refractivity contribution >= 4 is 26.0 Å². The van der Waals surface area contributed by atoms with Crippen LogP contribution in [-0.2, 0) is 16.6 Å². The standard InChI is InChI=1S/C12H14BrN3O2S/c1-8-3-4-10(5-9(8)2)19(17,18)15-7-12-11(13)6-14-16-12/h3-6,15H,7H2,1-2H3,(H,14,16). The molecule has 0 amide bonds. The number of halogens is 1. The van der Waals surface area contributed by atoms with Crippen molar-refractivity contribution in [3.8, 4) is 0 Å². The van der Waals surface area contributed by atoms with Gasteiger partial charge < -0.3 is 0 Å². The number of hydrogen-bond donors (Lipinski definition) is 2. The van der Waals surface area contributed by atoms with Crippen LogP contribution in [0.25, 0.3) is 0 Å². The molecule has 19 heavy (non-hydrogen) atoms. The van der Waals surface area contributed by atoms with E-state index in [0.717, 1.165) is 15.6 Å². The van der Waals surface area contributed by atoms with Gasteiger partial charge in [-0.3, -0.25) is 5.10 Å². The van der Waals surface area contributed by atoms with Crippen LogP contribution in [0, 0.1) is 13.8 Å². The van der Waals surface area contributed by atoms with E-state index in [0.29, 0.717) is 5.69 Å². The number of aromatic amines is 1. The molecule has 1 heterocycles. The van der Waals surface area contributed by atoms with Gasteiger partial charge in [-0.1, -0.05) is 6.07 Å². The lowest BCUT2D eigenvalue weighted by Gasteiger charge is -2.08. The summed E-state index contributed by atoms with van der Waals surface area (Å²) in [4.78, 5) is 0.270. The first-order valence-electron chi connectivity index (χ1n) is 5.65. The molecule has 0 bridgehead atoms. The number of hydrogen-bond acceptors (Lipinski definition) is 3. The van der Waals surface area contributed by atoms with Gasteiger partial charge in [0.15, 0.2) is 0 Å². The fourth-order valence-corrected chi connectivity index (χ4v) is 2.97. The summed E-state index contributed by atoms with van der Waals surface area (Å²) in [6.45, 7) is 4.00. The Labute approximate surface area is 120 Å². The van der Waals surface area contributed by atoms with Gasteiger partial charge in [0.25, 0.3) is 0 Å². The summed E-state index contributed by atoms with van der Waals surface area (Å²) in [6.07, 6.45) is 1.58. The van der Waals surface area contributed by atoms with Gasteiger partial charge in [-0.05, 0) is 53.0 Å². The first-order chi connectivity index (χ1) is 8.90. The van der Waals surface area contributed by atoms with Crippen molar-refractivity contribution in [3.05, 3.63) is 45.7 Å². The number of H-pyrrole nitrogens is 1. The Balaban J connectivity index is 2.18. The molecule has 0 saturated heterocycles. The Morgan fingerprint density at radius 1 is 1.32 bits per heavy atom. The molecule has 1 aromatic heterocycles. The van der Waals surface area contributed by atoms with Crippen LogP contribution in [0.2, 0.25) is 0 Å². The molecule has 7 heteroatoms. The fourth-order valence-electron chi connectivity index (χ4n) is 1.55. The van der Waals surface area contributed by atoms with E-state index in [1.807, 2.05) is 13.8 Å². The summed E-state index contributed by atoms with van der Waals surface area (Å²) < 4.78 is 27.6. The quantitative estimate of drug-likeness (QED) is 0.894. The first-order valence-corrected chi connectivity index (χ1v) is 7.92. The Hall–Kier alpha value is -1.18. The zero-order chi connectivity index (χ0) is 14.0. The highest BCUT2D eigenvalue weighted by Crippen LogP contribution is 2.16. The van der Waals surface area contributed by atoms with Gasteiger partial charge in [0.1, 0.15) is 0 Å². The van der Waals surface area contributed by atoms with E-state index in [-0.39, 0.29) is 11.4 Å². The summed E-state index contributed by atoms with van der Waals surface area (Å²) >= 11 is 3.28. The van der Waals surface area contributed by atoms with Gasteiger partial charge in [-0.2, -0.15) is 5.10 Å². The van der Waals surface area contributed by atoms with E-state index in [2.05, 4.69) is 30.8 Å². The second kappa shape index (κ2) is 5.44. The van der Waals surface area contributed by atoms with Crippen molar-refractivity contribution < 1.29 is 8.42 Å². The van der Waals surface area contributed by atoms with Crippen LogP contribution in [0.15, 0.2) is 33.8 Å². The number of aryl methyl sites for hydroxylation is 2. The third-order valence-electron chi connectivity index (χ3n) is 2.89. The monoisotopic (exact) mass is 343 g/mol. The van der Waals surface area contributed by atoms with E-state index in [1.165, 1.54) is 0 Å². The van der Waals surface area contributed by atoms with Crippen LogP contribution in [-0.4, -0.2) is 18.6 Å². The smallest absolute Gasteiger partial charge is 0.240 e. The van der Waals surface area contributed by atoms with Crippen molar-refractivity contribution in [2.75, 3.05) is 0 Å². The molecule has 102 valence electrons. The number of aromatic nitrogens is 2. The van der Waals surface area contributed by atoms with E-state index in [9.17, 15) is 8.42 Å². The van der Waals surface area contributed by atoms with Gasteiger partial charge >= 0.3 is 0 Å². The molecular weight excluding hydrogens is 330 g/mol. The van der Waals surface area contributed by atoms with E-state index < -0.39 is 10.0 Å². The van der Waals surface area contributed by atoms with Crippen LogP contribution in [0.5, 0.6) is 0 Å². The number of nitrogens with one attached hydrogen (secondary N) is 2. The number of sulfonamides is 1. The lowest BCUT2D eigenvalue weighted by molar-refractivity contribution is 0.580. The molecule has 0 aliphatic heterocycles. The highest BCUT2D eigenvalue weighted by Gasteiger charge is 2.15. The van der Waals surface area contributed by atoms with Crippen molar-refractivity contribution in [1.29, 1.82) is 0 Å². The molecule has 1 aromatic carbocycles. The van der Waals surface area contributed by atoms with Gasteiger partial charge in [0, 0.05) is 0 Å². The number of rotatable bonds is 4. The lowest BCUT2D eigenvalue weighted by atomic mass is 10.1. The van der Waals surface area contributed by atoms with Crippen molar-refractivity contribution in [2.45, 2.75) is 25.3 Å². The van der Waals surface area contributed by atoms with Crippen LogP contribution >= 0.6 is 15.9 Å². The Kier molecular flexibility index (Phi) is 4.07. The molecule has 2 aromatic rings. The minimum absolute atomic E-state index is 0.163. The summed E-state index contributed by atoms with van der Waals surface area (Å²) in [5.41, 5.74) is 2.70. The third kappa shape index (κ3) is 3.23. The molecule has 0 atom stereocenters. The largest absolute Gasteiger partial charge is 0.280 e. The predicted molar refractivity (Wildman–Crippen MR) is 76.2 cm³/mol. The molecular formula is C12H14BrN3O2S. The van der Waals surface area contributed by atoms with Crippen LogP contribution in [0.1, 0.15) is 16.8 Å². The third-order valence-corrected chi connectivity index (χ3v) is 4.98. The fraction of sp³-hybridized carbons (Fsp3) is 0.250. The highest BCUT2D eigenvalue weighted by atomic mass is 79.9. The maximum Gasteiger partial charge on any atom is 0.240 e. The van der Waals surface area contributed by atoms with Crippen molar-refractivity contribution in [2.24, 2.45) is 0 Å². The molecule has 5 nitrogen and oxygen atoms in total. The Morgan fingerprint density at radius 3 is 2.63 bits per heavy atom. The van der Waals surface area contributed by atoms with Gasteiger partial charge in [0.2, 0.25) is 10.0 Å². The average molecular weight is 344 g/mol. The highest BCUT2D eigenvalue weighted by molar-refractivity contribution is 9.10. The van der Waals surface area contributed by atoms with Gasteiger partial charge in [0.05, 0.1) is 27.8 Å². The average Bonchev–Trinajstić information content (AvgIpc) is 2.76. The normalized spacial score (nSPS) is 11.7. The van der Waals surface area contributed by atoms with Gasteiger partial charge in [-0.15, -0.1) is 0 Å². The zero-order valence-electron chi connectivity index (χ0n) is 10.6. The van der Waals surface area contributed by atoms with Crippen LogP contribution in [0.4, 0.5) is 0 Å². The van der Waals surface area contributed by atoms with E-state index >= 15 is 0 Å². The molecule has 2 N–H and O–H groups in total. The van der Waals surface area contributed by atoms with E-state index in [4.69, 9.17) is 0 Å². The SMILES string of the molecule is Cc1ccc(S(=O)(=O)NCc2[nH]ncc2Br)cc1C. The lowest BCUT2D eigenvalue weighted by Crippen LogP contribution is -2.23. The predicted octanol–water partition coefficient (Wildman–Crippen LogP) is 2.27. The Bertz CT molecular complexity index is 695. The maximum absolute atomic E-state index is 12.1. The summed E-state index contributed by atoms with van der Waals surface area (Å²) in [7, 11) is -3.51. The minimum atomic E-state index is -3.51. The topological polar surface area (TPSA) is 74.8 Å². The van der Waals surface area contributed by atoms with Crippen molar-refractivity contribution in [1.82, 2.24) is 14.9 Å². The summed E-state index contributed by atoms with van der Waals surface area (Å²) in [5.74, 6) is 0. The maximum atomic E-state index is 12.1. The zero-order valence-corrected chi connectivity index (χ0v) is 13.0. The number of benzene rings is 1. The molecule has 0 aliphatic rings. The molecule has 2 rings (SSSR count). The van der Waals surface area contributed by atoms with Gasteiger partial charge in [-0.25, -0.2) is 13.1 Å². The second-order valence-electron chi connectivity index (χ2n) is 4.27. The Morgan fingerprint density at radius 2 is 2.05 bits per heavy atom. The second-order valence-corrected chi connectivity index (χ2v) is 6.89. The molecule has 0 radical (unpaired) electrons. The molecule has 0 spiro atoms. The van der Waals surface area contributed by atoms with Crippen LogP contribution < -0.4 is 4.72 Å². The summed E-state index contributed by atoms with van der Waals surface area (Å²) in [6, 6.07) is 5.07. The van der Waals surface area contributed by atoms with E-state index in [1.54, 1.807) is 24.4 Å². The van der Waals surface area contributed by atoms with Crippen LogP contribution in [0.3, 0.4) is 0 Å². The van der Waals surface area contributed by atoms with Crippen molar-refractivity contribution in [3.63, 3.8) is 0 Å². The first kappa shape index (κ1) is 14.2. The number of nitrogens with zero attached hydrogens (tertiary/aromatic N) is 1. The molecule has 0 fully saturated rings. The molecule has 0 aliphatic carbocycles. The molecule has 0 saturated carbocycles. The molecule has 0 unspecified atom stereocenters. The summed E-state index contributed by atoms with van der Waals surface area (Å²) in [5, 5.41) is 6.54.